The molecule has 1 aromatic heterocycles. The van der Waals surface area contributed by atoms with E-state index in [1.165, 1.54) is 26.2 Å². The van der Waals surface area contributed by atoms with Crippen molar-refractivity contribution in [2.45, 2.75) is 75.1 Å². The summed E-state index contributed by atoms with van der Waals surface area (Å²) in [6.45, 7) is 1.67. The Morgan fingerprint density at radius 3 is 2.10 bits per heavy atom. The second kappa shape index (κ2) is 27.1. The molecule has 2 aliphatic heterocycles. The minimum absolute atomic E-state index is 0.116. The second-order valence-corrected chi connectivity index (χ2v) is 17.3. The number of nitriles is 2. The number of nitrogens with one attached hydrogen (secondary N) is 5. The first kappa shape index (κ1) is 52.1. The normalized spacial score (nSPS) is 15.8. The van der Waals surface area contributed by atoms with Gasteiger partial charge >= 0.3 is 6.03 Å². The van der Waals surface area contributed by atoms with Crippen molar-refractivity contribution >= 4 is 47.2 Å². The number of carbonyl (C=O) groups is 5. The van der Waals surface area contributed by atoms with Crippen molar-refractivity contribution in [3.05, 3.63) is 42.5 Å². The van der Waals surface area contributed by atoms with E-state index in [4.69, 9.17) is 34.5 Å². The molecule has 20 nitrogen and oxygen atoms in total. The fraction of sp³-hybridized carbons (Fsp3) is 0.511. The number of urea groups is 1. The van der Waals surface area contributed by atoms with Crippen molar-refractivity contribution in [1.82, 2.24) is 41.0 Å². The highest BCUT2D eigenvalue weighted by Crippen LogP contribution is 2.37. The highest BCUT2D eigenvalue weighted by molar-refractivity contribution is 8.00. The Morgan fingerprint density at radius 1 is 0.750 bits per heavy atom. The average molecular weight is 956 g/mol. The maximum absolute atomic E-state index is 13.8. The molecule has 0 saturated carbocycles. The molecule has 2 aromatic carbocycles. The predicted molar refractivity (Wildman–Crippen MR) is 255 cm³/mol. The molecule has 0 unspecified atom stereocenters. The van der Waals surface area contributed by atoms with Gasteiger partial charge in [0.15, 0.2) is 5.82 Å². The summed E-state index contributed by atoms with van der Waals surface area (Å²) in [4.78, 5) is 77.8. The molecule has 6 amide bonds. The zero-order valence-corrected chi connectivity index (χ0v) is 39.9. The van der Waals surface area contributed by atoms with Gasteiger partial charge in [-0.2, -0.15) is 22.3 Å². The van der Waals surface area contributed by atoms with Crippen molar-refractivity contribution in [2.24, 2.45) is 0 Å². The maximum atomic E-state index is 13.8. The van der Waals surface area contributed by atoms with Gasteiger partial charge in [0.2, 0.25) is 23.6 Å². The van der Waals surface area contributed by atoms with Crippen LogP contribution in [0.15, 0.2) is 42.5 Å². The van der Waals surface area contributed by atoms with E-state index in [2.05, 4.69) is 43.7 Å². The van der Waals surface area contributed by atoms with Gasteiger partial charge in [-0.1, -0.05) is 6.42 Å². The number of benzene rings is 2. The molecule has 2 fully saturated rings. The lowest BCUT2D eigenvalue weighted by atomic mass is 10.0. The zero-order valence-electron chi connectivity index (χ0n) is 39.1. The fourth-order valence-electron chi connectivity index (χ4n) is 7.83. The highest BCUT2D eigenvalue weighted by Gasteiger charge is 2.42. The van der Waals surface area contributed by atoms with E-state index in [0.29, 0.717) is 84.0 Å². The van der Waals surface area contributed by atoms with Gasteiger partial charge in [-0.25, -0.2) is 14.8 Å². The van der Waals surface area contributed by atoms with E-state index < -0.39 is 17.7 Å². The number of nitrogens with zero attached hydrogens (tertiary/aromatic N) is 6. The van der Waals surface area contributed by atoms with Gasteiger partial charge in [0.1, 0.15) is 28.8 Å². The molecule has 2 aliphatic rings. The quantitative estimate of drug-likeness (QED) is 0.0511. The zero-order chi connectivity index (χ0) is 48.8. The third-order valence-electron chi connectivity index (χ3n) is 11.4. The van der Waals surface area contributed by atoms with E-state index in [1.54, 1.807) is 49.6 Å². The second-order valence-electron chi connectivity index (χ2n) is 16.0. The van der Waals surface area contributed by atoms with Crippen LogP contribution in [0.3, 0.4) is 0 Å². The van der Waals surface area contributed by atoms with Crippen LogP contribution in [0, 0.1) is 22.7 Å². The molecule has 21 heteroatoms. The summed E-state index contributed by atoms with van der Waals surface area (Å²) in [6.07, 6.45) is 3.22. The lowest BCUT2D eigenvalue weighted by Gasteiger charge is -2.23. The molecule has 0 radical (unpaired) electrons. The molecule has 68 heavy (non-hydrogen) atoms. The minimum Gasteiger partial charge on any atom is -0.497 e. The summed E-state index contributed by atoms with van der Waals surface area (Å²) >= 11 is 1.84. The fourth-order valence-corrected chi connectivity index (χ4v) is 9.38. The number of anilines is 1. The molecule has 364 valence electrons. The van der Waals surface area contributed by atoms with Gasteiger partial charge < -0.3 is 50.4 Å². The van der Waals surface area contributed by atoms with Crippen molar-refractivity contribution in [1.29, 1.82) is 10.5 Å². The van der Waals surface area contributed by atoms with Crippen molar-refractivity contribution in [2.75, 3.05) is 85.3 Å². The van der Waals surface area contributed by atoms with Crippen molar-refractivity contribution < 1.29 is 42.9 Å². The van der Waals surface area contributed by atoms with Gasteiger partial charge in [0, 0.05) is 106 Å². The topological polar surface area (TPSA) is 262 Å². The molecular weight excluding hydrogens is 895 g/mol. The average Bonchev–Trinajstić information content (AvgIpc) is 3.91. The van der Waals surface area contributed by atoms with Gasteiger partial charge in [0.25, 0.3) is 0 Å². The van der Waals surface area contributed by atoms with Crippen LogP contribution in [0.2, 0.25) is 0 Å². The van der Waals surface area contributed by atoms with Crippen molar-refractivity contribution in [3.8, 4) is 57.8 Å². The van der Waals surface area contributed by atoms with Crippen LogP contribution in [-0.4, -0.2) is 147 Å². The predicted octanol–water partition coefficient (Wildman–Crippen LogP) is 3.87. The Kier molecular flexibility index (Phi) is 20.8. The minimum atomic E-state index is -0.514. The summed E-state index contributed by atoms with van der Waals surface area (Å²) in [5.74, 6) is 1.77. The largest absolute Gasteiger partial charge is 0.497 e. The first-order valence-corrected chi connectivity index (χ1v) is 23.6. The molecule has 0 bridgehead atoms. The van der Waals surface area contributed by atoms with Crippen LogP contribution < -0.4 is 45.5 Å². The molecule has 0 spiro atoms. The number of methoxy groups -OCH3 is 4. The lowest BCUT2D eigenvalue weighted by molar-refractivity contribution is -0.137. The van der Waals surface area contributed by atoms with Gasteiger partial charge in [-0.3, -0.25) is 24.1 Å². The van der Waals surface area contributed by atoms with Crippen LogP contribution in [0.5, 0.6) is 23.0 Å². The Bertz CT molecular complexity index is 2210. The number of thioether (sulfide) groups is 1. The van der Waals surface area contributed by atoms with E-state index in [-0.39, 0.29) is 87.5 Å². The number of ether oxygens (including phenoxy) is 4. The Balaban J connectivity index is 1.21. The maximum Gasteiger partial charge on any atom is 0.315 e. The number of rotatable bonds is 28. The number of aromatic nitrogens is 2. The van der Waals surface area contributed by atoms with Gasteiger partial charge in [-0.05, 0) is 43.5 Å². The first-order valence-electron chi connectivity index (χ1n) is 22.6. The third-order valence-corrected chi connectivity index (χ3v) is 12.9. The first-order chi connectivity index (χ1) is 33.0. The van der Waals surface area contributed by atoms with Crippen LogP contribution in [-0.2, 0) is 19.2 Å². The SMILES string of the molecule is COc1ccc(-c2cc(NC(=O)CCC(=O)N(CCCNC(=O)CCCC[C@@H]3SC[C@@H]4NC(=O)N[C@@H]43)CC(=O)NCCN(CCC#N)CCC#N)nc(-c3ccc(OC)cc3OC)n2)c(OC)c1. The van der Waals surface area contributed by atoms with E-state index in [9.17, 15) is 24.0 Å². The third kappa shape index (κ3) is 15.6. The van der Waals surface area contributed by atoms with Gasteiger partial charge in [0.05, 0.1) is 70.5 Å². The standard InChI is InChI=1S/C47H61N11O9S/c1-64-31-12-14-33(37(26-31)66-3)35-28-40(55-46(52-35)34-15-13-32(65-2)27-38(34)67-4)54-42(60)16-17-44(62)58(29-43(61)51-21-25-57(22-7-18-48)23-8-19-49)24-9-20-50-41(59)11-6-5-10-39-45-36(30-68-39)53-47(63)56-45/h12-15,26-28,36,39,45H,5-11,16-17,20-25,29-30H2,1-4H3,(H,50,59)(H,51,61)(H2,53,56,63)(H,52,54,55,60)/t36-,39-,45-/m0/s1. The Morgan fingerprint density at radius 2 is 1.43 bits per heavy atom. The van der Waals surface area contributed by atoms with Crippen LogP contribution in [0.1, 0.15) is 57.8 Å². The van der Waals surface area contributed by atoms with Crippen LogP contribution in [0.25, 0.3) is 22.6 Å². The molecule has 5 rings (SSSR count). The molecule has 2 saturated heterocycles. The van der Waals surface area contributed by atoms with Crippen molar-refractivity contribution in [3.63, 3.8) is 0 Å². The van der Waals surface area contributed by atoms with E-state index in [1.807, 2.05) is 16.7 Å². The summed E-state index contributed by atoms with van der Waals surface area (Å²) in [5, 5.41) is 32.9. The molecule has 0 aliphatic carbocycles. The summed E-state index contributed by atoms with van der Waals surface area (Å²) in [6, 6.07) is 16.3. The number of hydrogen-bond donors (Lipinski definition) is 5. The van der Waals surface area contributed by atoms with Crippen LogP contribution >= 0.6 is 11.8 Å². The number of carbonyl (C=O) groups excluding carboxylic acids is 5. The lowest BCUT2D eigenvalue weighted by Crippen LogP contribution is -2.44. The molecule has 3 atom stereocenters. The Hall–Kier alpha value is -6.84. The smallest absolute Gasteiger partial charge is 0.315 e. The number of fused-ring (bicyclic) bond motifs is 1. The number of unbranched alkanes of at least 4 members (excludes halogenated alkanes) is 1. The molecule has 3 aromatic rings. The summed E-state index contributed by atoms with van der Waals surface area (Å²) < 4.78 is 22.1. The number of amides is 6. The molecule has 3 heterocycles. The Labute approximate surface area is 401 Å². The number of hydrogen-bond acceptors (Lipinski definition) is 15. The molecular formula is C47H61N11O9S. The summed E-state index contributed by atoms with van der Waals surface area (Å²) in [7, 11) is 6.11. The highest BCUT2D eigenvalue weighted by atomic mass is 32.2. The monoisotopic (exact) mass is 955 g/mol. The van der Waals surface area contributed by atoms with Gasteiger partial charge in [-0.15, -0.1) is 0 Å². The van der Waals surface area contributed by atoms with E-state index in [0.717, 1.165) is 18.6 Å². The summed E-state index contributed by atoms with van der Waals surface area (Å²) in [5.41, 5.74) is 1.53. The van der Waals surface area contributed by atoms with Crippen LogP contribution in [0.4, 0.5) is 10.6 Å². The molecule has 5 N–H and O–H groups in total. The van der Waals surface area contributed by atoms with E-state index >= 15 is 0 Å².